The van der Waals surface area contributed by atoms with Gasteiger partial charge in [0, 0.05) is 19.0 Å². The van der Waals surface area contributed by atoms with Crippen LogP contribution in [0.25, 0.3) is 0 Å². The molecular formula is C23H35NO6S. The smallest absolute Gasteiger partial charge is 0.307 e. The molecule has 1 aliphatic heterocycles. The Kier molecular flexibility index (Phi) is 8.65. The average Bonchev–Trinajstić information content (AvgIpc) is 2.66. The predicted molar refractivity (Wildman–Crippen MR) is 118 cm³/mol. The Bertz CT molecular complexity index is 849. The van der Waals surface area contributed by atoms with Crippen LogP contribution in [0.15, 0.2) is 29.2 Å². The van der Waals surface area contributed by atoms with Crippen molar-refractivity contribution in [3.63, 3.8) is 0 Å². The summed E-state index contributed by atoms with van der Waals surface area (Å²) in [7, 11) is -3.75. The van der Waals surface area contributed by atoms with E-state index in [0.717, 1.165) is 18.4 Å². The van der Waals surface area contributed by atoms with Gasteiger partial charge in [0.15, 0.2) is 0 Å². The number of hydrogen-bond donors (Lipinski definition) is 0. The fraction of sp³-hybridized carbons (Fsp3) is 0.652. The van der Waals surface area contributed by atoms with Crippen molar-refractivity contribution in [1.82, 2.24) is 4.90 Å². The summed E-state index contributed by atoms with van der Waals surface area (Å²) in [6.45, 7) is 10.4. The van der Waals surface area contributed by atoms with E-state index in [0.29, 0.717) is 25.4 Å². The Morgan fingerprint density at radius 1 is 1.13 bits per heavy atom. The number of aryl methyl sites for hydroxylation is 1. The minimum absolute atomic E-state index is 0.0393. The second kappa shape index (κ2) is 10.6. The first-order valence-corrected chi connectivity index (χ1v) is 12.2. The number of rotatable bonds is 8. The zero-order valence-electron chi connectivity index (χ0n) is 19.2. The summed E-state index contributed by atoms with van der Waals surface area (Å²) >= 11 is 0. The summed E-state index contributed by atoms with van der Waals surface area (Å²) in [6, 6.07) is 6.58. The van der Waals surface area contributed by atoms with Crippen molar-refractivity contribution in [3.05, 3.63) is 29.8 Å². The van der Waals surface area contributed by atoms with E-state index >= 15 is 0 Å². The van der Waals surface area contributed by atoms with Crippen molar-refractivity contribution >= 4 is 22.0 Å². The summed E-state index contributed by atoms with van der Waals surface area (Å²) in [4.78, 5) is 26.6. The number of ether oxygens (including phenoxy) is 1. The van der Waals surface area contributed by atoms with E-state index in [1.54, 1.807) is 56.9 Å². The quantitative estimate of drug-likeness (QED) is 0.440. The molecule has 0 radical (unpaired) electrons. The molecule has 1 aliphatic rings. The van der Waals surface area contributed by atoms with Crippen LogP contribution in [0.1, 0.15) is 58.9 Å². The van der Waals surface area contributed by atoms with Gasteiger partial charge in [-0.05, 0) is 65.0 Å². The number of piperidine rings is 1. The molecule has 1 aromatic carbocycles. The topological polar surface area (TPSA) is 90.0 Å². The number of amides is 1. The molecule has 0 spiro atoms. The van der Waals surface area contributed by atoms with Gasteiger partial charge in [0.1, 0.15) is 5.60 Å². The van der Waals surface area contributed by atoms with Crippen LogP contribution < -0.4 is 0 Å². The minimum atomic E-state index is -3.75. The second-order valence-corrected chi connectivity index (χ2v) is 11.0. The molecule has 7 nitrogen and oxygen atoms in total. The number of carbonyl (C=O) groups excluding carboxylic acids is 2. The normalized spacial score (nSPS) is 16.7. The molecule has 1 heterocycles. The lowest BCUT2D eigenvalue weighted by Crippen LogP contribution is -2.42. The van der Waals surface area contributed by atoms with Crippen LogP contribution in [0.4, 0.5) is 0 Å². The van der Waals surface area contributed by atoms with E-state index in [1.165, 1.54) is 0 Å². The van der Waals surface area contributed by atoms with E-state index in [1.807, 2.05) is 6.92 Å². The Balaban J connectivity index is 1.74. The van der Waals surface area contributed by atoms with E-state index in [9.17, 15) is 18.0 Å². The van der Waals surface area contributed by atoms with Gasteiger partial charge in [-0.15, -0.1) is 0 Å². The molecule has 1 amide bonds. The van der Waals surface area contributed by atoms with Gasteiger partial charge in [0.25, 0.3) is 10.1 Å². The van der Waals surface area contributed by atoms with Crippen molar-refractivity contribution < 1.29 is 26.9 Å². The summed E-state index contributed by atoms with van der Waals surface area (Å²) in [5.74, 6) is -0.523. The molecule has 0 saturated carbocycles. The maximum atomic E-state index is 12.6. The number of hydrogen-bond acceptors (Lipinski definition) is 6. The fourth-order valence-corrected chi connectivity index (χ4v) is 4.49. The van der Waals surface area contributed by atoms with Crippen LogP contribution in [0, 0.1) is 18.8 Å². The van der Waals surface area contributed by atoms with Gasteiger partial charge in [-0.2, -0.15) is 8.42 Å². The van der Waals surface area contributed by atoms with Crippen LogP contribution in [0.5, 0.6) is 0 Å². The van der Waals surface area contributed by atoms with Crippen LogP contribution in [-0.4, -0.2) is 50.5 Å². The third kappa shape index (κ3) is 8.26. The van der Waals surface area contributed by atoms with Gasteiger partial charge in [-0.3, -0.25) is 13.8 Å². The summed E-state index contributed by atoms with van der Waals surface area (Å²) < 4.78 is 35.0. The predicted octanol–water partition coefficient (Wildman–Crippen LogP) is 3.70. The minimum Gasteiger partial charge on any atom is -0.460 e. The second-order valence-electron chi connectivity index (χ2n) is 9.34. The fourth-order valence-electron chi connectivity index (χ4n) is 3.57. The number of nitrogens with zero attached hydrogens (tertiary/aromatic N) is 1. The summed E-state index contributed by atoms with van der Waals surface area (Å²) in [5, 5.41) is 0. The lowest BCUT2D eigenvalue weighted by Gasteiger charge is -2.33. The van der Waals surface area contributed by atoms with Crippen molar-refractivity contribution in [2.24, 2.45) is 11.8 Å². The molecular weight excluding hydrogens is 418 g/mol. The summed E-state index contributed by atoms with van der Waals surface area (Å²) in [6.07, 6.45) is 2.28. The Morgan fingerprint density at radius 2 is 1.71 bits per heavy atom. The van der Waals surface area contributed by atoms with Crippen molar-refractivity contribution in [1.29, 1.82) is 0 Å². The van der Waals surface area contributed by atoms with Gasteiger partial charge in [0.05, 0.1) is 17.9 Å². The first kappa shape index (κ1) is 25.3. The van der Waals surface area contributed by atoms with Crippen LogP contribution in [0.2, 0.25) is 0 Å². The molecule has 174 valence electrons. The maximum Gasteiger partial charge on any atom is 0.307 e. The first-order chi connectivity index (χ1) is 14.4. The molecule has 31 heavy (non-hydrogen) atoms. The number of carbonyl (C=O) groups is 2. The largest absolute Gasteiger partial charge is 0.460 e. The summed E-state index contributed by atoms with van der Waals surface area (Å²) in [5.41, 5.74) is 0.424. The molecule has 1 aromatic rings. The third-order valence-corrected chi connectivity index (χ3v) is 6.64. The van der Waals surface area contributed by atoms with Crippen molar-refractivity contribution in [3.8, 4) is 0 Å². The van der Waals surface area contributed by atoms with Crippen molar-refractivity contribution in [2.45, 2.75) is 70.8 Å². The lowest BCUT2D eigenvalue weighted by molar-refractivity contribution is -0.158. The maximum absolute atomic E-state index is 12.6. The van der Waals surface area contributed by atoms with E-state index in [2.05, 4.69) is 0 Å². The monoisotopic (exact) mass is 453 g/mol. The highest BCUT2D eigenvalue weighted by Crippen LogP contribution is 2.24. The van der Waals surface area contributed by atoms with Crippen LogP contribution in [0.3, 0.4) is 0 Å². The number of benzene rings is 1. The van der Waals surface area contributed by atoms with Gasteiger partial charge in [0.2, 0.25) is 5.91 Å². The standard InChI is InChI=1S/C23H35NO6S/c1-17-6-8-20(9-7-17)31(27,28)29-15-12-19-10-13-24(14-11-19)22(26)18(2)16-21(25)30-23(3,4)5/h6-9,18-19H,10-16H2,1-5H3/t18-/m0/s1. The third-order valence-electron chi connectivity index (χ3n) is 5.31. The van der Waals surface area contributed by atoms with Crippen molar-refractivity contribution in [2.75, 3.05) is 19.7 Å². The molecule has 2 rings (SSSR count). The zero-order valence-corrected chi connectivity index (χ0v) is 20.0. The first-order valence-electron chi connectivity index (χ1n) is 10.8. The lowest BCUT2D eigenvalue weighted by atomic mass is 9.93. The highest BCUT2D eigenvalue weighted by molar-refractivity contribution is 7.86. The number of esters is 1. The SMILES string of the molecule is Cc1ccc(S(=O)(=O)OCCC2CCN(C(=O)[C@@H](C)CC(=O)OC(C)(C)C)CC2)cc1. The van der Waals surface area contributed by atoms with Gasteiger partial charge in [-0.1, -0.05) is 24.6 Å². The molecule has 1 fully saturated rings. The molecule has 0 aliphatic carbocycles. The van der Waals surface area contributed by atoms with Gasteiger partial charge in [-0.25, -0.2) is 0 Å². The Labute approximate surface area is 186 Å². The van der Waals surface area contributed by atoms with E-state index < -0.39 is 21.6 Å². The Hall–Kier alpha value is -1.93. The highest BCUT2D eigenvalue weighted by Gasteiger charge is 2.29. The van der Waals surface area contributed by atoms with Gasteiger partial charge < -0.3 is 9.64 Å². The number of likely N-dealkylation sites (tertiary alicyclic amines) is 1. The van der Waals surface area contributed by atoms with E-state index in [-0.39, 0.29) is 29.8 Å². The van der Waals surface area contributed by atoms with Crippen LogP contribution in [-0.2, 0) is 28.6 Å². The molecule has 0 unspecified atom stereocenters. The zero-order chi connectivity index (χ0) is 23.2. The molecule has 0 N–H and O–H groups in total. The molecule has 1 atom stereocenters. The van der Waals surface area contributed by atoms with Gasteiger partial charge >= 0.3 is 5.97 Å². The molecule has 1 saturated heterocycles. The van der Waals surface area contributed by atoms with E-state index in [4.69, 9.17) is 8.92 Å². The Morgan fingerprint density at radius 3 is 2.26 bits per heavy atom. The van der Waals surface area contributed by atoms with Crippen LogP contribution >= 0.6 is 0 Å². The molecule has 8 heteroatoms. The molecule has 0 aromatic heterocycles. The molecule has 0 bridgehead atoms. The average molecular weight is 454 g/mol. The highest BCUT2D eigenvalue weighted by atomic mass is 32.2.